The standard InChI is InChI=1S/C16H23N3O3S.ClH/c1-2-9-18-23(21,22)14-7-3-5-12(10-14)16(20)19-15-8-4-6-13(15)11-17;/h2-3,5,7,10,13,15,18H,1,4,6,8-9,11,17H2,(H,19,20);1H. The molecule has 0 spiro atoms. The van der Waals surface area contributed by atoms with Crippen molar-refractivity contribution >= 4 is 28.3 Å². The average Bonchev–Trinajstić information content (AvgIpc) is 3.00. The van der Waals surface area contributed by atoms with Crippen molar-refractivity contribution in [2.24, 2.45) is 11.7 Å². The van der Waals surface area contributed by atoms with Crippen molar-refractivity contribution in [3.05, 3.63) is 42.5 Å². The molecular formula is C16H24ClN3O3S. The number of carbonyl (C=O) groups is 1. The largest absolute Gasteiger partial charge is 0.349 e. The molecule has 6 nitrogen and oxygen atoms in total. The molecule has 8 heteroatoms. The second kappa shape index (κ2) is 9.17. The van der Waals surface area contributed by atoms with Gasteiger partial charge >= 0.3 is 0 Å². The molecule has 1 saturated carbocycles. The first-order valence-electron chi connectivity index (χ1n) is 7.69. The van der Waals surface area contributed by atoms with Crippen LogP contribution in [0.1, 0.15) is 29.6 Å². The van der Waals surface area contributed by atoms with E-state index >= 15 is 0 Å². The molecule has 2 atom stereocenters. The van der Waals surface area contributed by atoms with E-state index in [-0.39, 0.29) is 35.8 Å². The van der Waals surface area contributed by atoms with Crippen LogP contribution in [0.25, 0.3) is 0 Å². The Kier molecular flexibility index (Phi) is 7.89. The van der Waals surface area contributed by atoms with E-state index in [0.29, 0.717) is 18.0 Å². The van der Waals surface area contributed by atoms with Gasteiger partial charge in [0.05, 0.1) is 4.90 Å². The SMILES string of the molecule is C=CCNS(=O)(=O)c1cccc(C(=O)NC2CCCC2CN)c1.Cl. The number of amides is 1. The van der Waals surface area contributed by atoms with Crippen molar-refractivity contribution in [1.82, 2.24) is 10.0 Å². The number of carbonyl (C=O) groups excluding carboxylic acids is 1. The molecule has 1 aliphatic carbocycles. The molecule has 24 heavy (non-hydrogen) atoms. The summed E-state index contributed by atoms with van der Waals surface area (Å²) in [6.07, 6.45) is 4.43. The summed E-state index contributed by atoms with van der Waals surface area (Å²) in [5, 5.41) is 2.97. The molecule has 1 aromatic rings. The zero-order valence-electron chi connectivity index (χ0n) is 13.4. The third-order valence-electron chi connectivity index (χ3n) is 4.10. The lowest BCUT2D eigenvalue weighted by Gasteiger charge is -2.19. The molecule has 0 radical (unpaired) electrons. The van der Waals surface area contributed by atoms with Crippen molar-refractivity contribution in [1.29, 1.82) is 0 Å². The fourth-order valence-corrected chi connectivity index (χ4v) is 3.86. The zero-order valence-corrected chi connectivity index (χ0v) is 15.0. The molecule has 0 bridgehead atoms. The lowest BCUT2D eigenvalue weighted by atomic mass is 10.0. The summed E-state index contributed by atoms with van der Waals surface area (Å²) in [5.74, 6) is 0.0243. The molecule has 0 saturated heterocycles. The van der Waals surface area contributed by atoms with Gasteiger partial charge in [-0.1, -0.05) is 18.6 Å². The van der Waals surface area contributed by atoms with Gasteiger partial charge in [0, 0.05) is 18.2 Å². The van der Waals surface area contributed by atoms with Crippen LogP contribution in [0.3, 0.4) is 0 Å². The van der Waals surface area contributed by atoms with Crippen LogP contribution in [0, 0.1) is 5.92 Å². The zero-order chi connectivity index (χ0) is 16.9. The van der Waals surface area contributed by atoms with Gasteiger partial charge in [-0.25, -0.2) is 13.1 Å². The van der Waals surface area contributed by atoms with Crippen LogP contribution < -0.4 is 15.8 Å². The molecule has 1 amide bonds. The minimum atomic E-state index is -3.64. The molecule has 0 aromatic heterocycles. The highest BCUT2D eigenvalue weighted by molar-refractivity contribution is 7.89. The van der Waals surface area contributed by atoms with Crippen LogP contribution in [-0.2, 0) is 10.0 Å². The Bertz CT molecular complexity index is 679. The van der Waals surface area contributed by atoms with E-state index in [9.17, 15) is 13.2 Å². The van der Waals surface area contributed by atoms with E-state index < -0.39 is 10.0 Å². The highest BCUT2D eigenvalue weighted by Gasteiger charge is 2.27. The number of nitrogens with one attached hydrogen (secondary N) is 2. The van der Waals surface area contributed by atoms with Crippen LogP contribution in [0.4, 0.5) is 0 Å². The van der Waals surface area contributed by atoms with Crippen LogP contribution in [-0.4, -0.2) is 33.5 Å². The molecule has 1 fully saturated rings. The summed E-state index contributed by atoms with van der Waals surface area (Å²) in [7, 11) is -3.64. The van der Waals surface area contributed by atoms with Gasteiger partial charge in [-0.2, -0.15) is 0 Å². The summed E-state index contributed by atoms with van der Waals surface area (Å²) in [5.41, 5.74) is 6.05. The molecule has 4 N–H and O–H groups in total. The van der Waals surface area contributed by atoms with Crippen LogP contribution in [0.15, 0.2) is 41.8 Å². The summed E-state index contributed by atoms with van der Waals surface area (Å²) < 4.78 is 26.6. The monoisotopic (exact) mass is 373 g/mol. The molecule has 0 heterocycles. The molecular weight excluding hydrogens is 350 g/mol. The van der Waals surface area contributed by atoms with Gasteiger partial charge in [0.15, 0.2) is 0 Å². The number of rotatable bonds is 7. The number of benzene rings is 1. The topological polar surface area (TPSA) is 101 Å². The highest BCUT2D eigenvalue weighted by atomic mass is 35.5. The Morgan fingerprint density at radius 2 is 2.12 bits per heavy atom. The Hall–Kier alpha value is -1.41. The van der Waals surface area contributed by atoms with Crippen molar-refractivity contribution in [3.63, 3.8) is 0 Å². The molecule has 134 valence electrons. The third kappa shape index (κ3) is 5.04. The van der Waals surface area contributed by atoms with Crippen LogP contribution in [0.2, 0.25) is 0 Å². The van der Waals surface area contributed by atoms with Gasteiger partial charge in [-0.3, -0.25) is 4.79 Å². The maximum absolute atomic E-state index is 12.4. The average molecular weight is 374 g/mol. The van der Waals surface area contributed by atoms with E-state index in [1.807, 2.05) is 0 Å². The van der Waals surface area contributed by atoms with Crippen LogP contribution in [0.5, 0.6) is 0 Å². The van der Waals surface area contributed by atoms with Gasteiger partial charge in [0.2, 0.25) is 10.0 Å². The predicted octanol–water partition coefficient (Wildman–Crippen LogP) is 1.43. The summed E-state index contributed by atoms with van der Waals surface area (Å²) in [6.45, 7) is 4.16. The van der Waals surface area contributed by atoms with Crippen LogP contribution >= 0.6 is 12.4 Å². The number of nitrogens with two attached hydrogens (primary N) is 1. The Labute approximate surface area is 149 Å². The predicted molar refractivity (Wildman–Crippen MR) is 96.7 cm³/mol. The third-order valence-corrected chi connectivity index (χ3v) is 5.52. The van der Waals surface area contributed by atoms with Crippen molar-refractivity contribution in [3.8, 4) is 0 Å². The summed E-state index contributed by atoms with van der Waals surface area (Å²) >= 11 is 0. The Balaban J connectivity index is 0.00000288. The minimum absolute atomic E-state index is 0. The lowest BCUT2D eigenvalue weighted by molar-refractivity contribution is 0.0928. The molecule has 2 rings (SSSR count). The Morgan fingerprint density at radius 3 is 2.79 bits per heavy atom. The van der Waals surface area contributed by atoms with E-state index in [4.69, 9.17) is 5.73 Å². The maximum Gasteiger partial charge on any atom is 0.251 e. The highest BCUT2D eigenvalue weighted by Crippen LogP contribution is 2.25. The van der Waals surface area contributed by atoms with Crippen molar-refractivity contribution in [2.75, 3.05) is 13.1 Å². The van der Waals surface area contributed by atoms with E-state index in [0.717, 1.165) is 19.3 Å². The fourth-order valence-electron chi connectivity index (χ4n) is 2.82. The smallest absolute Gasteiger partial charge is 0.251 e. The van der Waals surface area contributed by atoms with Crippen molar-refractivity contribution < 1.29 is 13.2 Å². The number of hydrogen-bond donors (Lipinski definition) is 3. The Morgan fingerprint density at radius 1 is 1.38 bits per heavy atom. The van der Waals surface area contributed by atoms with E-state index in [1.54, 1.807) is 12.1 Å². The second-order valence-electron chi connectivity index (χ2n) is 5.68. The molecule has 1 aliphatic rings. The minimum Gasteiger partial charge on any atom is -0.349 e. The first kappa shape index (κ1) is 20.6. The van der Waals surface area contributed by atoms with E-state index in [1.165, 1.54) is 18.2 Å². The summed E-state index contributed by atoms with van der Waals surface area (Å²) in [6, 6.07) is 6.07. The lowest BCUT2D eigenvalue weighted by Crippen LogP contribution is -2.39. The van der Waals surface area contributed by atoms with Gasteiger partial charge in [-0.15, -0.1) is 19.0 Å². The number of sulfonamides is 1. The fraction of sp³-hybridized carbons (Fsp3) is 0.438. The van der Waals surface area contributed by atoms with E-state index in [2.05, 4.69) is 16.6 Å². The number of halogens is 1. The quantitative estimate of drug-likeness (QED) is 0.629. The molecule has 1 aromatic carbocycles. The first-order chi connectivity index (χ1) is 11.0. The maximum atomic E-state index is 12.4. The first-order valence-corrected chi connectivity index (χ1v) is 9.18. The van der Waals surface area contributed by atoms with Gasteiger partial charge in [0.1, 0.15) is 0 Å². The molecule has 0 aliphatic heterocycles. The van der Waals surface area contributed by atoms with Gasteiger partial charge in [-0.05, 0) is 43.5 Å². The van der Waals surface area contributed by atoms with Gasteiger partial charge < -0.3 is 11.1 Å². The van der Waals surface area contributed by atoms with Crippen molar-refractivity contribution in [2.45, 2.75) is 30.2 Å². The second-order valence-corrected chi connectivity index (χ2v) is 7.44. The normalized spacial score (nSPS) is 20.2. The summed E-state index contributed by atoms with van der Waals surface area (Å²) in [4.78, 5) is 12.4. The van der Waals surface area contributed by atoms with Gasteiger partial charge in [0.25, 0.3) is 5.91 Å². The molecule has 2 unspecified atom stereocenters. The number of hydrogen-bond acceptors (Lipinski definition) is 4.